The molecule has 82 valence electrons. The second-order valence-electron chi connectivity index (χ2n) is 3.00. The lowest BCUT2D eigenvalue weighted by atomic mass is 10.3. The lowest BCUT2D eigenvalue weighted by Gasteiger charge is -2.19. The summed E-state index contributed by atoms with van der Waals surface area (Å²) in [6.07, 6.45) is 0.724. The molecule has 14 heavy (non-hydrogen) atoms. The van der Waals surface area contributed by atoms with Crippen molar-refractivity contribution < 1.29 is 19.4 Å². The predicted molar refractivity (Wildman–Crippen MR) is 51.0 cm³/mol. The Kier molecular flexibility index (Phi) is 6.74. The van der Waals surface area contributed by atoms with E-state index in [-0.39, 0.29) is 18.9 Å². The molecule has 0 atom stereocenters. The van der Waals surface area contributed by atoms with Gasteiger partial charge in [-0.2, -0.15) is 0 Å². The summed E-state index contributed by atoms with van der Waals surface area (Å²) >= 11 is 0. The number of rotatable bonds is 7. The highest BCUT2D eigenvalue weighted by atomic mass is 16.5. The number of nitrogens with zero attached hydrogens (tertiary/aromatic N) is 1. The maximum atomic E-state index is 11.0. The fourth-order valence-electron chi connectivity index (χ4n) is 1.06. The average molecular weight is 203 g/mol. The molecule has 0 spiro atoms. The second-order valence-corrected chi connectivity index (χ2v) is 3.00. The third-order valence-corrected chi connectivity index (χ3v) is 1.82. The Morgan fingerprint density at radius 2 is 2.00 bits per heavy atom. The highest BCUT2D eigenvalue weighted by Gasteiger charge is 2.09. The van der Waals surface area contributed by atoms with Crippen molar-refractivity contribution >= 4 is 11.9 Å². The van der Waals surface area contributed by atoms with Crippen LogP contribution in [0, 0.1) is 0 Å². The van der Waals surface area contributed by atoms with E-state index < -0.39 is 5.97 Å². The number of hydrogen-bond donors (Lipinski definition) is 1. The number of carboxylic acids is 1. The first-order valence-electron chi connectivity index (χ1n) is 4.54. The maximum Gasteiger partial charge on any atom is 0.305 e. The Bertz CT molecular complexity index is 193. The molecule has 0 aliphatic heterocycles. The number of carboxylic acid groups (broad SMARTS) is 1. The zero-order valence-corrected chi connectivity index (χ0v) is 8.65. The molecular formula is C9H17NO4. The van der Waals surface area contributed by atoms with Crippen LogP contribution >= 0.6 is 0 Å². The number of aliphatic carboxylic acids is 1. The van der Waals surface area contributed by atoms with Gasteiger partial charge in [0.2, 0.25) is 5.91 Å². The van der Waals surface area contributed by atoms with E-state index >= 15 is 0 Å². The molecule has 0 aromatic rings. The standard InChI is InChI=1S/C9H17NO4/c1-8(11)10(5-3-7-14-2)6-4-9(12)13/h3-7H2,1-2H3,(H,12,13). The van der Waals surface area contributed by atoms with Crippen molar-refractivity contribution in [3.63, 3.8) is 0 Å². The third-order valence-electron chi connectivity index (χ3n) is 1.82. The van der Waals surface area contributed by atoms with Crippen LogP contribution in [0.4, 0.5) is 0 Å². The van der Waals surface area contributed by atoms with E-state index in [1.165, 1.54) is 11.8 Å². The normalized spacial score (nSPS) is 9.86. The topological polar surface area (TPSA) is 66.8 Å². The van der Waals surface area contributed by atoms with E-state index in [9.17, 15) is 9.59 Å². The summed E-state index contributed by atoms with van der Waals surface area (Å²) in [4.78, 5) is 22.9. The Labute approximate surface area is 83.6 Å². The van der Waals surface area contributed by atoms with E-state index in [1.54, 1.807) is 7.11 Å². The zero-order chi connectivity index (χ0) is 11.0. The molecule has 0 saturated heterocycles. The first-order chi connectivity index (χ1) is 6.57. The number of hydrogen-bond acceptors (Lipinski definition) is 3. The number of ether oxygens (including phenoxy) is 1. The molecule has 5 nitrogen and oxygen atoms in total. The minimum absolute atomic E-state index is 0.00738. The molecule has 1 N–H and O–H groups in total. The van der Waals surface area contributed by atoms with Crippen molar-refractivity contribution in [2.24, 2.45) is 0 Å². The van der Waals surface area contributed by atoms with Gasteiger partial charge in [-0.05, 0) is 6.42 Å². The van der Waals surface area contributed by atoms with Gasteiger partial charge in [0.05, 0.1) is 6.42 Å². The largest absolute Gasteiger partial charge is 0.481 e. The first kappa shape index (κ1) is 12.9. The molecule has 0 rings (SSSR count). The molecule has 0 aliphatic rings. The summed E-state index contributed by atoms with van der Waals surface area (Å²) in [5, 5.41) is 8.45. The van der Waals surface area contributed by atoms with Crippen LogP contribution in [-0.2, 0) is 14.3 Å². The van der Waals surface area contributed by atoms with Gasteiger partial charge in [-0.15, -0.1) is 0 Å². The van der Waals surface area contributed by atoms with Crippen LogP contribution in [-0.4, -0.2) is 48.7 Å². The molecule has 1 amide bonds. The SMILES string of the molecule is COCCCN(CCC(=O)O)C(C)=O. The van der Waals surface area contributed by atoms with Gasteiger partial charge in [0, 0.05) is 33.7 Å². The summed E-state index contributed by atoms with van der Waals surface area (Å²) < 4.78 is 4.84. The fourth-order valence-corrected chi connectivity index (χ4v) is 1.06. The van der Waals surface area contributed by atoms with Crippen molar-refractivity contribution in [1.82, 2.24) is 4.90 Å². The Morgan fingerprint density at radius 1 is 1.36 bits per heavy atom. The Hall–Kier alpha value is -1.10. The maximum absolute atomic E-state index is 11.0. The molecular weight excluding hydrogens is 186 g/mol. The summed E-state index contributed by atoms with van der Waals surface area (Å²) in [5.74, 6) is -0.981. The molecule has 0 bridgehead atoms. The molecule has 0 saturated carbocycles. The van der Waals surface area contributed by atoms with Gasteiger partial charge < -0.3 is 14.7 Å². The molecule has 5 heteroatoms. The lowest BCUT2D eigenvalue weighted by molar-refractivity contribution is -0.138. The summed E-state index contributed by atoms with van der Waals surface area (Å²) in [6.45, 7) is 2.84. The number of methoxy groups -OCH3 is 1. The fraction of sp³-hybridized carbons (Fsp3) is 0.778. The third kappa shape index (κ3) is 6.42. The van der Waals surface area contributed by atoms with Crippen molar-refractivity contribution in [3.05, 3.63) is 0 Å². The molecule has 0 aromatic carbocycles. The van der Waals surface area contributed by atoms with Crippen LogP contribution in [0.2, 0.25) is 0 Å². The van der Waals surface area contributed by atoms with Crippen LogP contribution in [0.15, 0.2) is 0 Å². The van der Waals surface area contributed by atoms with Crippen LogP contribution < -0.4 is 0 Å². The predicted octanol–water partition coefficient (Wildman–Crippen LogP) is 0.346. The number of carbonyl (C=O) groups is 2. The van der Waals surface area contributed by atoms with E-state index in [4.69, 9.17) is 9.84 Å². The lowest BCUT2D eigenvalue weighted by Crippen LogP contribution is -2.32. The molecule has 0 fully saturated rings. The minimum atomic E-state index is -0.886. The second kappa shape index (κ2) is 7.32. The smallest absolute Gasteiger partial charge is 0.305 e. The van der Waals surface area contributed by atoms with E-state index in [1.807, 2.05) is 0 Å². The van der Waals surface area contributed by atoms with E-state index in [2.05, 4.69) is 0 Å². The van der Waals surface area contributed by atoms with Gasteiger partial charge in [-0.3, -0.25) is 9.59 Å². The summed E-state index contributed by atoms with van der Waals surface area (Å²) in [7, 11) is 1.59. The highest BCUT2D eigenvalue weighted by Crippen LogP contribution is 1.95. The first-order valence-corrected chi connectivity index (χ1v) is 4.54. The Morgan fingerprint density at radius 3 is 2.43 bits per heavy atom. The molecule has 0 heterocycles. The van der Waals surface area contributed by atoms with E-state index in [0.717, 1.165) is 6.42 Å². The van der Waals surface area contributed by atoms with Crippen LogP contribution in [0.25, 0.3) is 0 Å². The average Bonchev–Trinajstić information content (AvgIpc) is 2.10. The van der Waals surface area contributed by atoms with Gasteiger partial charge in [0.25, 0.3) is 0 Å². The molecule has 0 aliphatic carbocycles. The molecule has 0 unspecified atom stereocenters. The Balaban J connectivity index is 3.78. The number of amides is 1. The van der Waals surface area contributed by atoms with E-state index in [0.29, 0.717) is 13.2 Å². The quantitative estimate of drug-likeness (QED) is 0.606. The van der Waals surface area contributed by atoms with Crippen molar-refractivity contribution in [1.29, 1.82) is 0 Å². The highest BCUT2D eigenvalue weighted by molar-refractivity contribution is 5.74. The van der Waals surface area contributed by atoms with Crippen LogP contribution in [0.1, 0.15) is 19.8 Å². The molecule has 0 radical (unpaired) electrons. The number of carbonyl (C=O) groups excluding carboxylic acids is 1. The van der Waals surface area contributed by atoms with Gasteiger partial charge in [-0.25, -0.2) is 0 Å². The summed E-state index contributed by atoms with van der Waals surface area (Å²) in [6, 6.07) is 0. The van der Waals surface area contributed by atoms with Gasteiger partial charge >= 0.3 is 5.97 Å². The monoisotopic (exact) mass is 203 g/mol. The minimum Gasteiger partial charge on any atom is -0.481 e. The van der Waals surface area contributed by atoms with Gasteiger partial charge in [0.15, 0.2) is 0 Å². The van der Waals surface area contributed by atoms with Gasteiger partial charge in [0.1, 0.15) is 0 Å². The zero-order valence-electron chi connectivity index (χ0n) is 8.65. The molecule has 0 aromatic heterocycles. The van der Waals surface area contributed by atoms with Crippen molar-refractivity contribution in [3.8, 4) is 0 Å². The van der Waals surface area contributed by atoms with Crippen LogP contribution in [0.5, 0.6) is 0 Å². The van der Waals surface area contributed by atoms with Crippen LogP contribution in [0.3, 0.4) is 0 Å². The van der Waals surface area contributed by atoms with Crippen molar-refractivity contribution in [2.45, 2.75) is 19.8 Å². The summed E-state index contributed by atoms with van der Waals surface area (Å²) in [5.41, 5.74) is 0. The van der Waals surface area contributed by atoms with Crippen molar-refractivity contribution in [2.75, 3.05) is 26.8 Å². The van der Waals surface area contributed by atoms with Gasteiger partial charge in [-0.1, -0.05) is 0 Å².